The summed E-state index contributed by atoms with van der Waals surface area (Å²) in [6.45, 7) is 1.17. The molecule has 1 aliphatic heterocycles. The van der Waals surface area contributed by atoms with Gasteiger partial charge in [-0.2, -0.15) is 0 Å². The first kappa shape index (κ1) is 6.68. The van der Waals surface area contributed by atoms with Gasteiger partial charge in [0.05, 0.1) is 0 Å². The molecule has 0 radical (unpaired) electrons. The van der Waals surface area contributed by atoms with Crippen molar-refractivity contribution in [2.75, 3.05) is 19.3 Å². The van der Waals surface area contributed by atoms with Crippen LogP contribution in [-0.4, -0.2) is 18.5 Å². The van der Waals surface area contributed by atoms with Gasteiger partial charge in [0.15, 0.2) is 0 Å². The maximum atomic E-state index is 5.65. The molecule has 2 heteroatoms. The fourth-order valence-electron chi connectivity index (χ4n) is 1.35. The Hall–Kier alpha value is -1.02. The fraction of sp³-hybridized carbons (Fsp3) is 0.333. The van der Waals surface area contributed by atoms with Crippen LogP contribution in [0.3, 0.4) is 0 Å². The maximum Gasteiger partial charge on any atom is 0.0473 e. The number of likely N-dealkylation sites (N-methyl/N-ethyl adjacent to an activating group) is 1. The highest BCUT2D eigenvalue weighted by Crippen LogP contribution is 2.32. The summed E-state index contributed by atoms with van der Waals surface area (Å²) < 4.78 is 0. The molecule has 1 heterocycles. The van der Waals surface area contributed by atoms with Crippen LogP contribution in [0.25, 0.3) is 0 Å². The van der Waals surface area contributed by atoms with E-state index in [1.807, 2.05) is 18.2 Å². The normalized spacial score (nSPS) is 28.5. The zero-order chi connectivity index (χ0) is 7.84. The summed E-state index contributed by atoms with van der Waals surface area (Å²) in [7, 11) is 2.12. The number of nitrogens with zero attached hydrogens (tertiary/aromatic N) is 1. The molecule has 2 N–H and O–H groups in total. The number of benzene rings is 1. The van der Waals surface area contributed by atoms with Crippen molar-refractivity contribution < 1.29 is 0 Å². The lowest BCUT2D eigenvalue weighted by Crippen LogP contribution is -1.90. The Kier molecular flexibility index (Phi) is 1.36. The first-order chi connectivity index (χ1) is 5.27. The quantitative estimate of drug-likeness (QED) is 0.480. The van der Waals surface area contributed by atoms with E-state index in [4.69, 9.17) is 5.73 Å². The van der Waals surface area contributed by atoms with Gasteiger partial charge in [-0.05, 0) is 24.7 Å². The zero-order valence-corrected chi connectivity index (χ0v) is 6.62. The van der Waals surface area contributed by atoms with Crippen molar-refractivity contribution in [3.8, 4) is 0 Å². The van der Waals surface area contributed by atoms with E-state index in [1.165, 1.54) is 12.1 Å². The van der Waals surface area contributed by atoms with E-state index in [9.17, 15) is 0 Å². The predicted molar refractivity (Wildman–Crippen MR) is 46.2 cm³/mol. The lowest BCUT2D eigenvalue weighted by molar-refractivity contribution is 0.631. The SMILES string of the molecule is CN1CC1c1cccc(N)c1. The van der Waals surface area contributed by atoms with Gasteiger partial charge in [0, 0.05) is 18.3 Å². The molecule has 11 heavy (non-hydrogen) atoms. The standard InChI is InChI=1S/C9H12N2/c1-11-6-9(11)7-3-2-4-8(10)5-7/h2-5,9H,6,10H2,1H3. The van der Waals surface area contributed by atoms with Gasteiger partial charge in [-0.1, -0.05) is 12.1 Å². The molecule has 0 aliphatic carbocycles. The number of rotatable bonds is 1. The first-order valence-corrected chi connectivity index (χ1v) is 3.83. The van der Waals surface area contributed by atoms with E-state index in [2.05, 4.69) is 18.0 Å². The Bertz CT molecular complexity index is 270. The van der Waals surface area contributed by atoms with Crippen LogP contribution in [0.4, 0.5) is 5.69 Å². The average Bonchev–Trinajstić information content (AvgIpc) is 2.67. The molecule has 1 saturated heterocycles. The van der Waals surface area contributed by atoms with Crippen LogP contribution in [0.2, 0.25) is 0 Å². The molecule has 1 fully saturated rings. The van der Waals surface area contributed by atoms with Crippen LogP contribution < -0.4 is 5.73 Å². The molecule has 0 spiro atoms. The second-order valence-electron chi connectivity index (χ2n) is 3.13. The molecule has 58 valence electrons. The Balaban J connectivity index is 2.25. The van der Waals surface area contributed by atoms with Crippen molar-refractivity contribution in [3.63, 3.8) is 0 Å². The van der Waals surface area contributed by atoms with Crippen LogP contribution in [0.5, 0.6) is 0 Å². The monoisotopic (exact) mass is 148 g/mol. The summed E-state index contributed by atoms with van der Waals surface area (Å²) in [5.41, 5.74) is 7.86. The van der Waals surface area contributed by atoms with Gasteiger partial charge in [-0.15, -0.1) is 0 Å². The molecule has 2 nitrogen and oxygen atoms in total. The molecule has 0 bridgehead atoms. The van der Waals surface area contributed by atoms with E-state index in [0.29, 0.717) is 6.04 Å². The third-order valence-electron chi connectivity index (χ3n) is 2.15. The van der Waals surface area contributed by atoms with Gasteiger partial charge < -0.3 is 5.73 Å². The topological polar surface area (TPSA) is 29.0 Å². The van der Waals surface area contributed by atoms with Crippen LogP contribution in [0, 0.1) is 0 Å². The summed E-state index contributed by atoms with van der Waals surface area (Å²) in [6.07, 6.45) is 0. The Morgan fingerprint density at radius 1 is 1.55 bits per heavy atom. The van der Waals surface area contributed by atoms with E-state index in [-0.39, 0.29) is 0 Å². The molecule has 2 atom stereocenters. The van der Waals surface area contributed by atoms with Crippen LogP contribution >= 0.6 is 0 Å². The first-order valence-electron chi connectivity index (χ1n) is 3.83. The summed E-state index contributed by atoms with van der Waals surface area (Å²) in [4.78, 5) is 2.29. The molecular formula is C9H12N2. The molecule has 2 unspecified atom stereocenters. The van der Waals surface area contributed by atoms with Gasteiger partial charge in [-0.3, -0.25) is 4.90 Å². The molecule has 0 amide bonds. The number of nitrogen functional groups attached to an aromatic ring is 1. The molecular weight excluding hydrogens is 136 g/mol. The number of hydrogen-bond donors (Lipinski definition) is 1. The maximum absolute atomic E-state index is 5.65. The van der Waals surface area contributed by atoms with Crippen LogP contribution in [0.1, 0.15) is 11.6 Å². The second kappa shape index (κ2) is 2.24. The van der Waals surface area contributed by atoms with Crippen molar-refractivity contribution in [2.24, 2.45) is 0 Å². The second-order valence-corrected chi connectivity index (χ2v) is 3.13. The smallest absolute Gasteiger partial charge is 0.0473 e. The summed E-state index contributed by atoms with van der Waals surface area (Å²) in [5.74, 6) is 0. The van der Waals surface area contributed by atoms with Crippen molar-refractivity contribution in [1.29, 1.82) is 0 Å². The number of hydrogen-bond acceptors (Lipinski definition) is 2. The lowest BCUT2D eigenvalue weighted by atomic mass is 10.1. The highest BCUT2D eigenvalue weighted by molar-refractivity contribution is 5.42. The van der Waals surface area contributed by atoms with Gasteiger partial charge in [0.25, 0.3) is 0 Å². The molecule has 0 aromatic heterocycles. The number of nitrogens with two attached hydrogens (primary N) is 1. The molecule has 1 aliphatic rings. The highest BCUT2D eigenvalue weighted by Gasteiger charge is 2.30. The van der Waals surface area contributed by atoms with Crippen molar-refractivity contribution in [1.82, 2.24) is 4.90 Å². The minimum absolute atomic E-state index is 0.624. The van der Waals surface area contributed by atoms with Gasteiger partial charge in [0.1, 0.15) is 0 Å². The molecule has 1 aromatic rings. The van der Waals surface area contributed by atoms with E-state index < -0.39 is 0 Å². The van der Waals surface area contributed by atoms with E-state index in [0.717, 1.165) is 5.69 Å². The highest BCUT2D eigenvalue weighted by atomic mass is 15.3. The van der Waals surface area contributed by atoms with Gasteiger partial charge >= 0.3 is 0 Å². The van der Waals surface area contributed by atoms with E-state index >= 15 is 0 Å². The fourth-order valence-corrected chi connectivity index (χ4v) is 1.35. The third-order valence-corrected chi connectivity index (χ3v) is 2.15. The van der Waals surface area contributed by atoms with Crippen molar-refractivity contribution in [3.05, 3.63) is 29.8 Å². The summed E-state index contributed by atoms with van der Waals surface area (Å²) in [5, 5.41) is 0. The van der Waals surface area contributed by atoms with Gasteiger partial charge in [-0.25, -0.2) is 0 Å². The summed E-state index contributed by atoms with van der Waals surface area (Å²) in [6, 6.07) is 8.74. The number of anilines is 1. The van der Waals surface area contributed by atoms with E-state index in [1.54, 1.807) is 0 Å². The lowest BCUT2D eigenvalue weighted by Gasteiger charge is -1.98. The zero-order valence-electron chi connectivity index (χ0n) is 6.62. The minimum atomic E-state index is 0.624. The van der Waals surface area contributed by atoms with Crippen LogP contribution in [-0.2, 0) is 0 Å². The third kappa shape index (κ3) is 1.21. The predicted octanol–water partition coefficient (Wildman–Crippen LogP) is 1.26. The van der Waals surface area contributed by atoms with Crippen molar-refractivity contribution in [2.45, 2.75) is 6.04 Å². The molecule has 1 aromatic carbocycles. The van der Waals surface area contributed by atoms with Gasteiger partial charge in [0.2, 0.25) is 0 Å². The Morgan fingerprint density at radius 2 is 2.27 bits per heavy atom. The Labute approximate surface area is 66.6 Å². The largest absolute Gasteiger partial charge is 0.399 e. The van der Waals surface area contributed by atoms with Crippen molar-refractivity contribution >= 4 is 5.69 Å². The van der Waals surface area contributed by atoms with Crippen LogP contribution in [0.15, 0.2) is 24.3 Å². The minimum Gasteiger partial charge on any atom is -0.399 e. The average molecular weight is 148 g/mol. The molecule has 0 saturated carbocycles. The Morgan fingerprint density at radius 3 is 2.82 bits per heavy atom. The molecule has 2 rings (SSSR count). The summed E-state index contributed by atoms with van der Waals surface area (Å²) >= 11 is 0.